The average Bonchev–Trinajstić information content (AvgIpc) is 3.26. The third kappa shape index (κ3) is 3.96. The maximum Gasteiger partial charge on any atom is 0.191 e. The van der Waals surface area contributed by atoms with Crippen molar-refractivity contribution in [3.63, 3.8) is 0 Å². The fraction of sp³-hybridized carbons (Fsp3) is 0.588. The zero-order valence-electron chi connectivity index (χ0n) is 13.2. The number of halogens is 1. The summed E-state index contributed by atoms with van der Waals surface area (Å²) in [6.07, 6.45) is 3.07. The van der Waals surface area contributed by atoms with Crippen LogP contribution in [0.2, 0.25) is 0 Å². The van der Waals surface area contributed by atoms with Crippen LogP contribution in [0.3, 0.4) is 0 Å². The Balaban J connectivity index is 2.08. The zero-order valence-corrected chi connectivity index (χ0v) is 13.2. The summed E-state index contributed by atoms with van der Waals surface area (Å²) in [4.78, 5) is 4.68. The molecule has 21 heavy (non-hydrogen) atoms. The van der Waals surface area contributed by atoms with Crippen LogP contribution in [0.15, 0.2) is 29.3 Å². The minimum absolute atomic E-state index is 0.0941. The van der Waals surface area contributed by atoms with Crippen molar-refractivity contribution >= 4 is 5.96 Å². The molecule has 1 fully saturated rings. The maximum absolute atomic E-state index is 14.0. The quantitative estimate of drug-likeness (QED) is 0.624. The number of benzene rings is 1. The van der Waals surface area contributed by atoms with Crippen LogP contribution in [0.4, 0.5) is 4.39 Å². The van der Waals surface area contributed by atoms with Crippen LogP contribution in [0, 0.1) is 5.82 Å². The third-order valence-corrected chi connectivity index (χ3v) is 4.18. The van der Waals surface area contributed by atoms with Gasteiger partial charge in [-0.3, -0.25) is 4.99 Å². The minimum Gasteiger partial charge on any atom is -0.357 e. The highest BCUT2D eigenvalue weighted by atomic mass is 19.1. The van der Waals surface area contributed by atoms with Gasteiger partial charge >= 0.3 is 0 Å². The van der Waals surface area contributed by atoms with E-state index in [0.717, 1.165) is 37.3 Å². The van der Waals surface area contributed by atoms with Gasteiger partial charge in [-0.15, -0.1) is 0 Å². The molecule has 1 aliphatic rings. The molecule has 0 amide bonds. The van der Waals surface area contributed by atoms with Crippen LogP contribution in [0.1, 0.15) is 45.6 Å². The molecule has 0 aliphatic heterocycles. The molecule has 2 N–H and O–H groups in total. The second kappa shape index (κ2) is 6.92. The first-order valence-corrected chi connectivity index (χ1v) is 7.91. The minimum atomic E-state index is -0.106. The molecule has 0 heterocycles. The van der Waals surface area contributed by atoms with Crippen LogP contribution in [-0.2, 0) is 5.41 Å². The second-order valence-electron chi connectivity index (χ2n) is 5.91. The fourth-order valence-electron chi connectivity index (χ4n) is 2.44. The van der Waals surface area contributed by atoms with E-state index in [2.05, 4.69) is 36.4 Å². The molecule has 2 rings (SSSR count). The van der Waals surface area contributed by atoms with Crippen molar-refractivity contribution in [1.82, 2.24) is 10.6 Å². The Morgan fingerprint density at radius 3 is 2.62 bits per heavy atom. The maximum atomic E-state index is 14.0. The predicted octanol–water partition coefficient (Wildman–Crippen LogP) is 3.21. The van der Waals surface area contributed by atoms with Gasteiger partial charge in [0.1, 0.15) is 5.82 Å². The van der Waals surface area contributed by atoms with Gasteiger partial charge in [-0.1, -0.05) is 25.1 Å². The van der Waals surface area contributed by atoms with Gasteiger partial charge < -0.3 is 10.6 Å². The van der Waals surface area contributed by atoms with E-state index >= 15 is 0 Å². The number of guanidine groups is 1. The number of hydrogen-bond donors (Lipinski definition) is 2. The van der Waals surface area contributed by atoms with E-state index in [1.54, 1.807) is 12.1 Å². The molecular formula is C17H26FN3. The normalized spacial score (nSPS) is 18.2. The standard InChI is InChI=1S/C17H26FN3/c1-4-13(3)21-16(19-5-2)20-12-17(10-11-17)14-8-6-7-9-15(14)18/h6-9,13H,4-5,10-12H2,1-3H3,(H2,19,20,21). The lowest BCUT2D eigenvalue weighted by Gasteiger charge is -2.19. The first-order valence-electron chi connectivity index (χ1n) is 7.91. The zero-order chi connectivity index (χ0) is 15.3. The molecule has 1 aliphatic carbocycles. The van der Waals surface area contributed by atoms with Gasteiger partial charge in [0.25, 0.3) is 0 Å². The summed E-state index contributed by atoms with van der Waals surface area (Å²) in [6, 6.07) is 7.47. The van der Waals surface area contributed by atoms with Crippen molar-refractivity contribution in [3.05, 3.63) is 35.6 Å². The average molecular weight is 291 g/mol. The second-order valence-corrected chi connectivity index (χ2v) is 5.91. The van der Waals surface area contributed by atoms with Crippen molar-refractivity contribution in [1.29, 1.82) is 0 Å². The van der Waals surface area contributed by atoms with E-state index in [1.165, 1.54) is 0 Å². The highest BCUT2D eigenvalue weighted by Crippen LogP contribution is 2.49. The summed E-state index contributed by atoms with van der Waals surface area (Å²) < 4.78 is 14.0. The van der Waals surface area contributed by atoms with E-state index in [-0.39, 0.29) is 11.2 Å². The number of nitrogens with one attached hydrogen (secondary N) is 2. The van der Waals surface area contributed by atoms with Crippen molar-refractivity contribution < 1.29 is 4.39 Å². The smallest absolute Gasteiger partial charge is 0.191 e. The lowest BCUT2D eigenvalue weighted by atomic mass is 9.95. The lowest BCUT2D eigenvalue weighted by Crippen LogP contribution is -2.42. The van der Waals surface area contributed by atoms with Crippen molar-refractivity contribution in [3.8, 4) is 0 Å². The first kappa shape index (κ1) is 15.8. The molecule has 1 aromatic rings. The largest absolute Gasteiger partial charge is 0.357 e. The monoisotopic (exact) mass is 291 g/mol. The van der Waals surface area contributed by atoms with Gasteiger partial charge in [0.05, 0.1) is 6.54 Å². The molecule has 3 nitrogen and oxygen atoms in total. The number of aliphatic imine (C=N–C) groups is 1. The molecule has 0 saturated heterocycles. The number of nitrogens with zero attached hydrogens (tertiary/aromatic N) is 1. The summed E-state index contributed by atoms with van der Waals surface area (Å²) >= 11 is 0. The first-order chi connectivity index (χ1) is 10.1. The van der Waals surface area contributed by atoms with Crippen LogP contribution in [0.25, 0.3) is 0 Å². The summed E-state index contributed by atoms with van der Waals surface area (Å²) in [5, 5.41) is 6.64. The topological polar surface area (TPSA) is 36.4 Å². The van der Waals surface area contributed by atoms with Crippen molar-refractivity contribution in [2.75, 3.05) is 13.1 Å². The van der Waals surface area contributed by atoms with E-state index in [0.29, 0.717) is 12.6 Å². The fourth-order valence-corrected chi connectivity index (χ4v) is 2.44. The van der Waals surface area contributed by atoms with Gasteiger partial charge in [0.2, 0.25) is 0 Å². The summed E-state index contributed by atoms with van der Waals surface area (Å²) in [5.41, 5.74) is 0.719. The Morgan fingerprint density at radius 2 is 2.05 bits per heavy atom. The lowest BCUT2D eigenvalue weighted by molar-refractivity contribution is 0.569. The Hall–Kier alpha value is -1.58. The van der Waals surface area contributed by atoms with Crippen LogP contribution in [0.5, 0.6) is 0 Å². The van der Waals surface area contributed by atoms with Crippen LogP contribution < -0.4 is 10.6 Å². The van der Waals surface area contributed by atoms with Gasteiger partial charge in [-0.25, -0.2) is 4.39 Å². The molecule has 1 saturated carbocycles. The van der Waals surface area contributed by atoms with Gasteiger partial charge in [-0.05, 0) is 44.7 Å². The van der Waals surface area contributed by atoms with Crippen LogP contribution in [-0.4, -0.2) is 25.1 Å². The molecule has 116 valence electrons. The van der Waals surface area contributed by atoms with Gasteiger partial charge in [-0.2, -0.15) is 0 Å². The Morgan fingerprint density at radius 1 is 1.33 bits per heavy atom. The Bertz CT molecular complexity index is 495. The molecule has 0 radical (unpaired) electrons. The molecule has 0 aromatic heterocycles. The molecule has 4 heteroatoms. The Labute approximate surface area is 127 Å². The summed E-state index contributed by atoms with van der Waals surface area (Å²) in [7, 11) is 0. The van der Waals surface area contributed by atoms with E-state index in [4.69, 9.17) is 0 Å². The van der Waals surface area contributed by atoms with Crippen molar-refractivity contribution in [2.24, 2.45) is 4.99 Å². The van der Waals surface area contributed by atoms with Gasteiger partial charge in [0.15, 0.2) is 5.96 Å². The number of hydrogen-bond acceptors (Lipinski definition) is 1. The number of rotatable bonds is 6. The SMILES string of the molecule is CCNC(=NCC1(c2ccccc2F)CC1)NC(C)CC. The van der Waals surface area contributed by atoms with E-state index in [1.807, 2.05) is 12.1 Å². The summed E-state index contributed by atoms with van der Waals surface area (Å²) in [6.45, 7) is 7.80. The third-order valence-electron chi connectivity index (χ3n) is 4.18. The molecule has 0 bridgehead atoms. The Kier molecular flexibility index (Phi) is 5.21. The molecule has 0 spiro atoms. The highest BCUT2D eigenvalue weighted by Gasteiger charge is 2.45. The highest BCUT2D eigenvalue weighted by molar-refractivity contribution is 5.80. The molecule has 1 atom stereocenters. The summed E-state index contributed by atoms with van der Waals surface area (Å²) in [5.74, 6) is 0.722. The van der Waals surface area contributed by atoms with Gasteiger partial charge in [0, 0.05) is 18.0 Å². The van der Waals surface area contributed by atoms with Crippen LogP contribution >= 0.6 is 0 Å². The molecule has 1 aromatic carbocycles. The van der Waals surface area contributed by atoms with Crippen molar-refractivity contribution in [2.45, 2.75) is 51.5 Å². The molecule has 1 unspecified atom stereocenters. The van der Waals surface area contributed by atoms with E-state index in [9.17, 15) is 4.39 Å². The molecular weight excluding hydrogens is 265 g/mol. The van der Waals surface area contributed by atoms with E-state index < -0.39 is 0 Å². The predicted molar refractivity (Wildman–Crippen MR) is 86.2 cm³/mol.